The highest BCUT2D eigenvalue weighted by Crippen LogP contribution is 2.17. The van der Waals surface area contributed by atoms with Crippen molar-refractivity contribution in [3.05, 3.63) is 45.4 Å². The van der Waals surface area contributed by atoms with Gasteiger partial charge in [0.05, 0.1) is 30.5 Å². The third-order valence-electron chi connectivity index (χ3n) is 4.41. The van der Waals surface area contributed by atoms with Crippen LogP contribution in [0.3, 0.4) is 0 Å². The van der Waals surface area contributed by atoms with Crippen LogP contribution in [0.15, 0.2) is 29.3 Å². The van der Waals surface area contributed by atoms with Crippen molar-refractivity contribution < 1.29 is 4.74 Å². The molecular weight excluding hydrogens is 346 g/mol. The Kier molecular flexibility index (Phi) is 6.46. The minimum Gasteiger partial charge on any atom is -0.378 e. The maximum Gasteiger partial charge on any atom is 0.191 e. The van der Waals surface area contributed by atoms with Gasteiger partial charge < -0.3 is 20.3 Å². The van der Waals surface area contributed by atoms with Crippen molar-refractivity contribution in [2.24, 2.45) is 4.99 Å². The fraction of sp³-hybridized carbons (Fsp3) is 0.474. The van der Waals surface area contributed by atoms with Gasteiger partial charge in [-0.1, -0.05) is 12.1 Å². The molecule has 0 saturated carbocycles. The number of anilines is 1. The Labute approximate surface area is 159 Å². The maximum absolute atomic E-state index is 5.41. The lowest BCUT2D eigenvalue weighted by Crippen LogP contribution is -2.36. The molecule has 2 heterocycles. The molecule has 3 rings (SSSR count). The first-order chi connectivity index (χ1) is 12.7. The molecular formula is C19H27N5OS. The first-order valence-corrected chi connectivity index (χ1v) is 9.76. The number of rotatable bonds is 5. The van der Waals surface area contributed by atoms with Crippen LogP contribution in [0.25, 0.3) is 0 Å². The van der Waals surface area contributed by atoms with Crippen molar-refractivity contribution in [1.82, 2.24) is 15.6 Å². The highest BCUT2D eigenvalue weighted by molar-refractivity contribution is 7.11. The normalized spacial score (nSPS) is 15.2. The number of nitrogens with zero attached hydrogens (tertiary/aromatic N) is 3. The molecule has 1 aliphatic heterocycles. The van der Waals surface area contributed by atoms with Gasteiger partial charge in [0.2, 0.25) is 0 Å². The molecule has 0 bridgehead atoms. The fourth-order valence-corrected chi connectivity index (χ4v) is 3.83. The van der Waals surface area contributed by atoms with E-state index in [0.29, 0.717) is 0 Å². The monoisotopic (exact) mass is 373 g/mol. The number of morpholine rings is 1. The van der Waals surface area contributed by atoms with Gasteiger partial charge in [0, 0.05) is 37.2 Å². The van der Waals surface area contributed by atoms with Crippen molar-refractivity contribution in [1.29, 1.82) is 0 Å². The number of guanidine groups is 1. The smallest absolute Gasteiger partial charge is 0.191 e. The number of aryl methyl sites for hydroxylation is 2. The van der Waals surface area contributed by atoms with E-state index >= 15 is 0 Å². The predicted molar refractivity (Wildman–Crippen MR) is 108 cm³/mol. The summed E-state index contributed by atoms with van der Waals surface area (Å²) in [6.45, 7) is 9.11. The highest BCUT2D eigenvalue weighted by Gasteiger charge is 2.11. The van der Waals surface area contributed by atoms with Crippen LogP contribution in [0.5, 0.6) is 0 Å². The molecule has 0 amide bonds. The van der Waals surface area contributed by atoms with Crippen LogP contribution in [-0.2, 0) is 17.8 Å². The zero-order chi connectivity index (χ0) is 18.4. The number of thiazole rings is 1. The summed E-state index contributed by atoms with van der Waals surface area (Å²) >= 11 is 1.73. The van der Waals surface area contributed by atoms with E-state index in [2.05, 4.69) is 49.8 Å². The number of ether oxygens (including phenoxy) is 1. The zero-order valence-electron chi connectivity index (χ0n) is 15.7. The minimum absolute atomic E-state index is 0.740. The first kappa shape index (κ1) is 18.7. The molecule has 140 valence electrons. The minimum atomic E-state index is 0.740. The molecule has 0 unspecified atom stereocenters. The summed E-state index contributed by atoms with van der Waals surface area (Å²) in [4.78, 5) is 12.4. The van der Waals surface area contributed by atoms with Crippen molar-refractivity contribution in [2.75, 3.05) is 38.3 Å². The summed E-state index contributed by atoms with van der Waals surface area (Å²) in [5.41, 5.74) is 3.58. The Hall–Kier alpha value is -2.12. The van der Waals surface area contributed by atoms with E-state index in [1.807, 2.05) is 13.8 Å². The Morgan fingerprint density at radius 3 is 2.46 bits per heavy atom. The third kappa shape index (κ3) is 4.95. The number of aliphatic imine (C=N–C) groups is 1. The number of benzene rings is 1. The summed E-state index contributed by atoms with van der Waals surface area (Å²) in [6.07, 6.45) is 0. The van der Waals surface area contributed by atoms with Crippen LogP contribution in [0.2, 0.25) is 0 Å². The van der Waals surface area contributed by atoms with Gasteiger partial charge >= 0.3 is 0 Å². The molecule has 0 aliphatic carbocycles. The first-order valence-electron chi connectivity index (χ1n) is 8.95. The molecule has 0 radical (unpaired) electrons. The standard InChI is InChI=1S/C19H27N5OS/c1-14-18(26-15(2)23-14)13-22-19(20-3)21-12-16-4-6-17(7-5-16)24-8-10-25-11-9-24/h4-7H,8-13H2,1-3H3,(H2,20,21,22). The highest BCUT2D eigenvalue weighted by atomic mass is 32.1. The van der Waals surface area contributed by atoms with Gasteiger partial charge in [0.15, 0.2) is 5.96 Å². The molecule has 1 saturated heterocycles. The van der Waals surface area contributed by atoms with E-state index in [1.54, 1.807) is 18.4 Å². The SMILES string of the molecule is CN=C(NCc1ccc(N2CCOCC2)cc1)NCc1sc(C)nc1C. The van der Waals surface area contributed by atoms with Crippen molar-refractivity contribution in [3.8, 4) is 0 Å². The van der Waals surface area contributed by atoms with Crippen LogP contribution in [0, 0.1) is 13.8 Å². The molecule has 2 N–H and O–H groups in total. The van der Waals surface area contributed by atoms with Crippen LogP contribution < -0.4 is 15.5 Å². The molecule has 0 spiro atoms. The van der Waals surface area contributed by atoms with Crippen molar-refractivity contribution >= 4 is 23.0 Å². The second kappa shape index (κ2) is 9.00. The molecule has 6 nitrogen and oxygen atoms in total. The second-order valence-corrected chi connectivity index (χ2v) is 7.57. The number of hydrogen-bond acceptors (Lipinski definition) is 5. The molecule has 0 atom stereocenters. The summed E-state index contributed by atoms with van der Waals surface area (Å²) in [5, 5.41) is 7.83. The molecule has 1 aromatic heterocycles. The van der Waals surface area contributed by atoms with Gasteiger partial charge in [-0.25, -0.2) is 4.98 Å². The van der Waals surface area contributed by atoms with Gasteiger partial charge in [-0.05, 0) is 31.5 Å². The Morgan fingerprint density at radius 2 is 1.85 bits per heavy atom. The van der Waals surface area contributed by atoms with Gasteiger partial charge in [-0.15, -0.1) is 11.3 Å². The van der Waals surface area contributed by atoms with Crippen LogP contribution in [-0.4, -0.2) is 44.3 Å². The van der Waals surface area contributed by atoms with E-state index in [9.17, 15) is 0 Å². The van der Waals surface area contributed by atoms with Crippen LogP contribution in [0.1, 0.15) is 21.1 Å². The average Bonchev–Trinajstić information content (AvgIpc) is 3.00. The van der Waals surface area contributed by atoms with E-state index < -0.39 is 0 Å². The van der Waals surface area contributed by atoms with Crippen LogP contribution >= 0.6 is 11.3 Å². The quantitative estimate of drug-likeness (QED) is 0.623. The van der Waals surface area contributed by atoms with Crippen LogP contribution in [0.4, 0.5) is 5.69 Å². The van der Waals surface area contributed by atoms with E-state index in [-0.39, 0.29) is 0 Å². The maximum atomic E-state index is 5.41. The number of aromatic nitrogens is 1. The van der Waals surface area contributed by atoms with E-state index in [0.717, 1.165) is 56.1 Å². The van der Waals surface area contributed by atoms with Gasteiger partial charge in [0.1, 0.15) is 0 Å². The third-order valence-corrected chi connectivity index (χ3v) is 5.48. The molecule has 26 heavy (non-hydrogen) atoms. The largest absolute Gasteiger partial charge is 0.378 e. The summed E-state index contributed by atoms with van der Waals surface area (Å²) in [5.74, 6) is 0.799. The summed E-state index contributed by atoms with van der Waals surface area (Å²) in [7, 11) is 1.79. The van der Waals surface area contributed by atoms with Gasteiger partial charge in [0.25, 0.3) is 0 Å². The molecule has 1 aliphatic rings. The Bertz CT molecular complexity index is 735. The predicted octanol–water partition coefficient (Wildman–Crippen LogP) is 2.46. The molecule has 2 aromatic rings. The topological polar surface area (TPSA) is 61.8 Å². The Balaban J connectivity index is 1.49. The molecule has 1 fully saturated rings. The van der Waals surface area contributed by atoms with Gasteiger partial charge in [-0.3, -0.25) is 4.99 Å². The van der Waals surface area contributed by atoms with Crippen molar-refractivity contribution in [3.63, 3.8) is 0 Å². The average molecular weight is 374 g/mol. The van der Waals surface area contributed by atoms with E-state index in [1.165, 1.54) is 16.1 Å². The number of hydrogen-bond donors (Lipinski definition) is 2. The zero-order valence-corrected chi connectivity index (χ0v) is 16.5. The summed E-state index contributed by atoms with van der Waals surface area (Å²) in [6, 6.07) is 8.70. The summed E-state index contributed by atoms with van der Waals surface area (Å²) < 4.78 is 5.41. The Morgan fingerprint density at radius 1 is 1.15 bits per heavy atom. The van der Waals surface area contributed by atoms with Crippen molar-refractivity contribution in [2.45, 2.75) is 26.9 Å². The lowest BCUT2D eigenvalue weighted by molar-refractivity contribution is 0.122. The lowest BCUT2D eigenvalue weighted by atomic mass is 10.2. The van der Waals surface area contributed by atoms with E-state index in [4.69, 9.17) is 4.74 Å². The second-order valence-electron chi connectivity index (χ2n) is 6.29. The fourth-order valence-electron chi connectivity index (χ4n) is 2.95. The molecule has 7 heteroatoms. The number of nitrogens with one attached hydrogen (secondary N) is 2. The lowest BCUT2D eigenvalue weighted by Gasteiger charge is -2.28. The molecule has 1 aromatic carbocycles. The van der Waals surface area contributed by atoms with Gasteiger partial charge in [-0.2, -0.15) is 0 Å².